The van der Waals surface area contributed by atoms with Gasteiger partial charge in [0.05, 0.1) is 0 Å². The van der Waals surface area contributed by atoms with Gasteiger partial charge < -0.3 is 16.3 Å². The van der Waals surface area contributed by atoms with Crippen molar-refractivity contribution in [2.75, 3.05) is 6.54 Å². The molecule has 1 amide bonds. The summed E-state index contributed by atoms with van der Waals surface area (Å²) in [6.07, 6.45) is 1.30. The first-order valence-electron chi connectivity index (χ1n) is 5.97. The first-order valence-corrected chi connectivity index (χ1v) is 5.97. The number of amides is 1. The molecule has 0 saturated heterocycles. The molecule has 4 N–H and O–H groups in total. The van der Waals surface area contributed by atoms with Crippen LogP contribution in [0.1, 0.15) is 40.5 Å². The molecule has 17 heavy (non-hydrogen) atoms. The number of nitrogens with one attached hydrogen (secondary N) is 1. The minimum atomic E-state index is -0.792. The maximum Gasteiger partial charge on any atom is 0.233 e. The molecule has 1 saturated carbocycles. The fraction of sp³-hybridized carbons (Fsp3) is 0.833. The number of carbonyl (C=O) groups excluding carboxylic acids is 1. The molecule has 1 fully saturated rings. The summed E-state index contributed by atoms with van der Waals surface area (Å²) in [6.45, 7) is 8.78. The third-order valence-electron chi connectivity index (χ3n) is 3.21. The van der Waals surface area contributed by atoms with Crippen LogP contribution in [0.2, 0.25) is 0 Å². The Hall–Kier alpha value is -1.26. The zero-order valence-corrected chi connectivity index (χ0v) is 11.1. The average Bonchev–Trinajstić information content (AvgIpc) is 2.18. The van der Waals surface area contributed by atoms with Crippen LogP contribution in [0.3, 0.4) is 0 Å². The molecule has 0 aliphatic heterocycles. The third-order valence-corrected chi connectivity index (χ3v) is 3.21. The molecule has 0 aromatic carbocycles. The van der Waals surface area contributed by atoms with Crippen LogP contribution in [0.4, 0.5) is 0 Å². The van der Waals surface area contributed by atoms with E-state index in [1.165, 1.54) is 0 Å². The van der Waals surface area contributed by atoms with Crippen molar-refractivity contribution in [3.63, 3.8) is 0 Å². The molecule has 1 aliphatic rings. The SMILES string of the molecule is CC1CC(C(=O)NCC(C)(C)C)(C(N)=NO)C1. The fourth-order valence-electron chi connectivity index (χ4n) is 2.25. The van der Waals surface area contributed by atoms with Crippen LogP contribution < -0.4 is 11.1 Å². The Morgan fingerprint density at radius 2 is 2.06 bits per heavy atom. The second kappa shape index (κ2) is 4.55. The van der Waals surface area contributed by atoms with E-state index in [-0.39, 0.29) is 17.2 Å². The van der Waals surface area contributed by atoms with Crippen molar-refractivity contribution in [1.82, 2.24) is 5.32 Å². The van der Waals surface area contributed by atoms with Crippen molar-refractivity contribution in [2.45, 2.75) is 40.5 Å². The Morgan fingerprint density at radius 1 is 1.53 bits per heavy atom. The maximum absolute atomic E-state index is 12.2. The van der Waals surface area contributed by atoms with E-state index in [1.807, 2.05) is 20.8 Å². The van der Waals surface area contributed by atoms with Gasteiger partial charge in [-0.1, -0.05) is 32.9 Å². The zero-order chi connectivity index (χ0) is 13.3. The van der Waals surface area contributed by atoms with Crippen LogP contribution >= 0.6 is 0 Å². The van der Waals surface area contributed by atoms with Gasteiger partial charge in [0.1, 0.15) is 5.41 Å². The highest BCUT2D eigenvalue weighted by Crippen LogP contribution is 2.45. The van der Waals surface area contributed by atoms with Crippen molar-refractivity contribution in [3.05, 3.63) is 0 Å². The summed E-state index contributed by atoms with van der Waals surface area (Å²) in [7, 11) is 0. The van der Waals surface area contributed by atoms with Gasteiger partial charge in [-0.05, 0) is 24.2 Å². The summed E-state index contributed by atoms with van der Waals surface area (Å²) in [5.74, 6) is 0.346. The first-order chi connectivity index (χ1) is 7.71. The highest BCUT2D eigenvalue weighted by Gasteiger charge is 2.52. The van der Waals surface area contributed by atoms with E-state index in [2.05, 4.69) is 17.4 Å². The summed E-state index contributed by atoms with van der Waals surface area (Å²) in [4.78, 5) is 12.2. The van der Waals surface area contributed by atoms with Gasteiger partial charge in [-0.3, -0.25) is 4.79 Å². The molecule has 98 valence electrons. The predicted octanol–water partition coefficient (Wildman–Crippen LogP) is 1.31. The number of oxime groups is 1. The topological polar surface area (TPSA) is 87.7 Å². The molecule has 5 nitrogen and oxygen atoms in total. The van der Waals surface area contributed by atoms with E-state index in [0.717, 1.165) is 0 Å². The lowest BCUT2D eigenvalue weighted by Crippen LogP contribution is -2.57. The molecule has 0 unspecified atom stereocenters. The summed E-state index contributed by atoms with van der Waals surface area (Å²) in [5, 5.41) is 14.7. The van der Waals surface area contributed by atoms with Gasteiger partial charge >= 0.3 is 0 Å². The summed E-state index contributed by atoms with van der Waals surface area (Å²) >= 11 is 0. The van der Waals surface area contributed by atoms with Crippen molar-refractivity contribution in [2.24, 2.45) is 27.6 Å². The lowest BCUT2D eigenvalue weighted by molar-refractivity contribution is -0.133. The van der Waals surface area contributed by atoms with Crippen molar-refractivity contribution in [3.8, 4) is 0 Å². The van der Waals surface area contributed by atoms with Gasteiger partial charge in [-0.25, -0.2) is 0 Å². The Morgan fingerprint density at radius 3 is 2.41 bits per heavy atom. The fourth-order valence-corrected chi connectivity index (χ4v) is 2.25. The first kappa shape index (κ1) is 13.8. The maximum atomic E-state index is 12.2. The third kappa shape index (κ3) is 2.90. The van der Waals surface area contributed by atoms with Gasteiger partial charge in [0, 0.05) is 6.54 Å². The molecule has 0 bridgehead atoms. The largest absolute Gasteiger partial charge is 0.409 e. The lowest BCUT2D eigenvalue weighted by atomic mass is 9.61. The predicted molar refractivity (Wildman–Crippen MR) is 66.7 cm³/mol. The van der Waals surface area contributed by atoms with E-state index < -0.39 is 5.41 Å². The van der Waals surface area contributed by atoms with Crippen LogP contribution in [-0.4, -0.2) is 23.5 Å². The highest BCUT2D eigenvalue weighted by molar-refractivity contribution is 6.07. The molecular formula is C12H23N3O2. The van der Waals surface area contributed by atoms with E-state index >= 15 is 0 Å². The van der Waals surface area contributed by atoms with E-state index in [9.17, 15) is 4.79 Å². The molecule has 0 atom stereocenters. The van der Waals surface area contributed by atoms with E-state index in [0.29, 0.717) is 25.3 Å². The molecule has 5 heteroatoms. The Balaban J connectivity index is 2.70. The molecule has 0 heterocycles. The van der Waals surface area contributed by atoms with Crippen LogP contribution in [-0.2, 0) is 4.79 Å². The number of hydrogen-bond acceptors (Lipinski definition) is 3. The van der Waals surface area contributed by atoms with Gasteiger partial charge in [0.15, 0.2) is 5.84 Å². The number of carbonyl (C=O) groups is 1. The van der Waals surface area contributed by atoms with Crippen molar-refractivity contribution < 1.29 is 10.0 Å². The Labute approximate surface area is 102 Å². The van der Waals surface area contributed by atoms with Crippen molar-refractivity contribution >= 4 is 11.7 Å². The molecule has 1 rings (SSSR count). The minimum Gasteiger partial charge on any atom is -0.409 e. The summed E-state index contributed by atoms with van der Waals surface area (Å²) in [5.41, 5.74) is 4.89. The average molecular weight is 241 g/mol. The standard InChI is InChI=1S/C12H23N3O2/c1-8-5-12(6-8,9(13)15-17)10(16)14-7-11(2,3)4/h8,17H,5-7H2,1-4H3,(H2,13,15)(H,14,16). The molecular weight excluding hydrogens is 218 g/mol. The van der Waals surface area contributed by atoms with Crippen LogP contribution in [0.15, 0.2) is 5.16 Å². The Bertz CT molecular complexity index is 325. The van der Waals surface area contributed by atoms with Gasteiger partial charge in [0.2, 0.25) is 5.91 Å². The lowest BCUT2D eigenvalue weighted by Gasteiger charge is -2.44. The molecule has 0 aromatic heterocycles. The second-order valence-corrected chi connectivity index (χ2v) is 6.32. The molecule has 0 spiro atoms. The van der Waals surface area contributed by atoms with Crippen LogP contribution in [0.25, 0.3) is 0 Å². The van der Waals surface area contributed by atoms with E-state index in [4.69, 9.17) is 10.9 Å². The monoisotopic (exact) mass is 241 g/mol. The van der Waals surface area contributed by atoms with Crippen LogP contribution in [0.5, 0.6) is 0 Å². The minimum absolute atomic E-state index is 0.0251. The van der Waals surface area contributed by atoms with Crippen molar-refractivity contribution in [1.29, 1.82) is 0 Å². The van der Waals surface area contributed by atoms with Crippen LogP contribution in [0, 0.1) is 16.7 Å². The van der Waals surface area contributed by atoms with Gasteiger partial charge in [0.25, 0.3) is 0 Å². The summed E-state index contributed by atoms with van der Waals surface area (Å²) in [6, 6.07) is 0. The van der Waals surface area contributed by atoms with Gasteiger partial charge in [-0.15, -0.1) is 0 Å². The number of rotatable bonds is 3. The molecule has 0 radical (unpaired) electrons. The highest BCUT2D eigenvalue weighted by atomic mass is 16.4. The number of hydrogen-bond donors (Lipinski definition) is 3. The molecule has 0 aromatic rings. The zero-order valence-electron chi connectivity index (χ0n) is 11.1. The normalized spacial score (nSPS) is 29.6. The number of nitrogens with two attached hydrogens (primary N) is 1. The number of amidine groups is 1. The smallest absolute Gasteiger partial charge is 0.233 e. The molecule has 1 aliphatic carbocycles. The Kier molecular flexibility index (Phi) is 3.69. The quantitative estimate of drug-likeness (QED) is 0.301. The summed E-state index contributed by atoms with van der Waals surface area (Å²) < 4.78 is 0. The van der Waals surface area contributed by atoms with E-state index in [1.54, 1.807) is 0 Å². The van der Waals surface area contributed by atoms with Gasteiger partial charge in [-0.2, -0.15) is 0 Å². The second-order valence-electron chi connectivity index (χ2n) is 6.32. The number of nitrogens with zero attached hydrogens (tertiary/aromatic N) is 1.